The lowest BCUT2D eigenvalue weighted by Gasteiger charge is -2.24. The summed E-state index contributed by atoms with van der Waals surface area (Å²) in [5.41, 5.74) is -1.78. The highest BCUT2D eigenvalue weighted by atomic mass is 16.6. The first kappa shape index (κ1) is 19.8. The Balaban J connectivity index is 1.83. The molecule has 1 heterocycles. The van der Waals surface area contributed by atoms with Gasteiger partial charge in [0.25, 0.3) is 5.91 Å². The zero-order valence-corrected chi connectivity index (χ0v) is 16.7. The molecule has 2 aromatic rings. The molecule has 2 aliphatic rings. The Morgan fingerprint density at radius 3 is 2.27 bits per heavy atom. The second-order valence-electron chi connectivity index (χ2n) is 8.45. The molecule has 0 saturated heterocycles. The van der Waals surface area contributed by atoms with E-state index in [1.54, 1.807) is 69.3 Å². The molecule has 0 aromatic heterocycles. The Morgan fingerprint density at radius 2 is 1.67 bits per heavy atom. The lowest BCUT2D eigenvalue weighted by Crippen LogP contribution is -2.42. The first-order valence-corrected chi connectivity index (χ1v) is 9.50. The van der Waals surface area contributed by atoms with Crippen molar-refractivity contribution in [2.75, 3.05) is 4.90 Å². The van der Waals surface area contributed by atoms with Crippen LogP contribution in [0.4, 0.5) is 10.5 Å². The van der Waals surface area contributed by atoms with E-state index in [1.165, 1.54) is 6.07 Å². The van der Waals surface area contributed by atoms with E-state index >= 15 is 0 Å². The Kier molecular flexibility index (Phi) is 4.27. The Labute approximate surface area is 172 Å². The Bertz CT molecular complexity index is 1070. The van der Waals surface area contributed by atoms with Crippen LogP contribution in [-0.4, -0.2) is 34.3 Å². The fraction of sp³-hybridized carbons (Fsp3) is 0.318. The van der Waals surface area contributed by atoms with E-state index in [2.05, 4.69) is 0 Å². The Morgan fingerprint density at radius 1 is 1.07 bits per heavy atom. The van der Waals surface area contributed by atoms with Crippen molar-refractivity contribution in [3.63, 3.8) is 0 Å². The number of nitrogens with zero attached hydrogens (tertiary/aromatic N) is 2. The lowest BCUT2D eigenvalue weighted by atomic mass is 9.91. The van der Waals surface area contributed by atoms with E-state index in [1.807, 2.05) is 0 Å². The number of fused-ring (bicyclic) bond motifs is 2. The van der Waals surface area contributed by atoms with Crippen molar-refractivity contribution in [3.05, 3.63) is 75.8 Å². The summed E-state index contributed by atoms with van der Waals surface area (Å²) < 4.78 is 5.36. The fourth-order valence-corrected chi connectivity index (χ4v) is 4.29. The third-order valence-electron chi connectivity index (χ3n) is 5.46. The number of amides is 2. The van der Waals surface area contributed by atoms with E-state index in [0.29, 0.717) is 5.56 Å². The van der Waals surface area contributed by atoms with Gasteiger partial charge in [0.1, 0.15) is 11.5 Å². The summed E-state index contributed by atoms with van der Waals surface area (Å²) in [6.07, 6.45) is -0.920. The highest BCUT2D eigenvalue weighted by Gasteiger charge is 2.85. The standard InChI is InChI=1S/C22H20N2O6/c1-21(2,3)30-20(27)23-15-12-8-7-11-14(15)22(19(23)26)16(18(22)24(28)29)17(25)13-9-5-4-6-10-13/h4-12,16,18H,1-3H3/t16-,18-,22-/m0/s1. The van der Waals surface area contributed by atoms with Gasteiger partial charge in [-0.1, -0.05) is 48.5 Å². The average molecular weight is 408 g/mol. The molecule has 1 aliphatic heterocycles. The van der Waals surface area contributed by atoms with Gasteiger partial charge < -0.3 is 4.74 Å². The molecule has 0 unspecified atom stereocenters. The van der Waals surface area contributed by atoms with Crippen molar-refractivity contribution < 1.29 is 24.0 Å². The van der Waals surface area contributed by atoms with E-state index in [9.17, 15) is 24.5 Å². The number of nitro groups is 1. The van der Waals surface area contributed by atoms with Crippen molar-refractivity contribution in [1.29, 1.82) is 0 Å². The quantitative estimate of drug-likeness (QED) is 0.438. The molecule has 3 atom stereocenters. The van der Waals surface area contributed by atoms with Crippen LogP contribution in [0.15, 0.2) is 54.6 Å². The molecular weight excluding hydrogens is 388 g/mol. The molecular formula is C22H20N2O6. The van der Waals surface area contributed by atoms with E-state index in [0.717, 1.165) is 4.90 Å². The maximum atomic E-state index is 13.5. The molecule has 8 heteroatoms. The highest BCUT2D eigenvalue weighted by molar-refractivity contribution is 6.26. The number of carbonyl (C=O) groups excluding carboxylic acids is 3. The van der Waals surface area contributed by atoms with Gasteiger partial charge in [0.05, 0.1) is 5.69 Å². The topological polar surface area (TPSA) is 107 Å². The predicted molar refractivity (Wildman–Crippen MR) is 107 cm³/mol. The number of hydrogen-bond acceptors (Lipinski definition) is 6. The van der Waals surface area contributed by atoms with Crippen LogP contribution < -0.4 is 4.90 Å². The number of imide groups is 1. The monoisotopic (exact) mass is 408 g/mol. The van der Waals surface area contributed by atoms with Crippen molar-refractivity contribution in [3.8, 4) is 0 Å². The highest BCUT2D eigenvalue weighted by Crippen LogP contribution is 2.63. The zero-order valence-electron chi connectivity index (χ0n) is 16.7. The molecule has 1 fully saturated rings. The van der Waals surface area contributed by atoms with Gasteiger partial charge in [-0.2, -0.15) is 0 Å². The van der Waals surface area contributed by atoms with Crippen LogP contribution >= 0.6 is 0 Å². The number of anilines is 1. The summed E-state index contributed by atoms with van der Waals surface area (Å²) in [4.78, 5) is 51.6. The fourth-order valence-electron chi connectivity index (χ4n) is 4.29. The molecule has 0 N–H and O–H groups in total. The molecule has 1 saturated carbocycles. The number of Topliss-reactive ketones (excluding diaryl/α,β-unsaturated/α-hetero) is 1. The molecule has 1 aliphatic carbocycles. The number of benzene rings is 2. The summed E-state index contributed by atoms with van der Waals surface area (Å²) in [6.45, 7) is 4.98. The van der Waals surface area contributed by atoms with Crippen molar-refractivity contribution in [2.45, 2.75) is 37.8 Å². The summed E-state index contributed by atoms with van der Waals surface area (Å²) in [5.74, 6) is -2.49. The van der Waals surface area contributed by atoms with Crippen molar-refractivity contribution in [1.82, 2.24) is 0 Å². The molecule has 4 rings (SSSR count). The van der Waals surface area contributed by atoms with Crippen LogP contribution in [0.2, 0.25) is 0 Å². The number of ether oxygens (including phenoxy) is 1. The van der Waals surface area contributed by atoms with Gasteiger partial charge in [0, 0.05) is 10.5 Å². The number of ketones is 1. The van der Waals surface area contributed by atoms with Crippen LogP contribution in [0.1, 0.15) is 36.7 Å². The van der Waals surface area contributed by atoms with Crippen molar-refractivity contribution >= 4 is 23.5 Å². The van der Waals surface area contributed by atoms with Crippen molar-refractivity contribution in [2.24, 2.45) is 5.92 Å². The normalized spacial score (nSPS) is 24.5. The van der Waals surface area contributed by atoms with Crippen LogP contribution in [0, 0.1) is 16.0 Å². The Hall–Kier alpha value is -3.55. The van der Waals surface area contributed by atoms with Gasteiger partial charge in [-0.3, -0.25) is 19.7 Å². The smallest absolute Gasteiger partial charge is 0.421 e. The van der Waals surface area contributed by atoms with Crippen LogP contribution in [0.3, 0.4) is 0 Å². The van der Waals surface area contributed by atoms with Gasteiger partial charge in [0.15, 0.2) is 11.2 Å². The van der Waals surface area contributed by atoms with Gasteiger partial charge >= 0.3 is 6.09 Å². The number of para-hydroxylation sites is 1. The molecule has 30 heavy (non-hydrogen) atoms. The van der Waals surface area contributed by atoms with Gasteiger partial charge in [-0.25, -0.2) is 9.69 Å². The van der Waals surface area contributed by atoms with Crippen LogP contribution in [0.5, 0.6) is 0 Å². The average Bonchev–Trinajstić information content (AvgIpc) is 3.31. The van der Waals surface area contributed by atoms with Gasteiger partial charge in [-0.05, 0) is 32.4 Å². The van der Waals surface area contributed by atoms with E-state index in [4.69, 9.17) is 4.74 Å². The summed E-state index contributed by atoms with van der Waals surface area (Å²) in [5, 5.41) is 11.9. The van der Waals surface area contributed by atoms with Crippen LogP contribution in [-0.2, 0) is 14.9 Å². The second kappa shape index (κ2) is 6.48. The first-order chi connectivity index (χ1) is 14.1. The molecule has 1 spiro atoms. The second-order valence-corrected chi connectivity index (χ2v) is 8.45. The summed E-state index contributed by atoms with van der Waals surface area (Å²) in [6, 6.07) is 13.0. The third kappa shape index (κ3) is 2.71. The number of hydrogen-bond donors (Lipinski definition) is 0. The maximum Gasteiger partial charge on any atom is 0.421 e. The molecule has 8 nitrogen and oxygen atoms in total. The largest absolute Gasteiger partial charge is 0.443 e. The summed E-state index contributed by atoms with van der Waals surface area (Å²) in [7, 11) is 0. The van der Waals surface area contributed by atoms with E-state index < -0.39 is 45.7 Å². The first-order valence-electron chi connectivity index (χ1n) is 9.50. The van der Waals surface area contributed by atoms with Crippen LogP contribution in [0.25, 0.3) is 0 Å². The van der Waals surface area contributed by atoms with Gasteiger partial charge in [0.2, 0.25) is 6.04 Å². The third-order valence-corrected chi connectivity index (χ3v) is 5.46. The van der Waals surface area contributed by atoms with Gasteiger partial charge in [-0.15, -0.1) is 0 Å². The number of carbonyl (C=O) groups is 3. The lowest BCUT2D eigenvalue weighted by molar-refractivity contribution is -0.500. The zero-order chi connectivity index (χ0) is 21.8. The SMILES string of the molecule is CC(C)(C)OC(=O)N1C(=O)[C@]2(c3ccccc31)[C@@H]([N+](=O)[O-])[C@@H]2C(=O)c1ccccc1. The molecule has 0 radical (unpaired) electrons. The molecule has 2 amide bonds. The minimum absolute atomic E-state index is 0.215. The molecule has 154 valence electrons. The number of rotatable bonds is 3. The van der Waals surface area contributed by atoms with E-state index in [-0.39, 0.29) is 11.3 Å². The molecule has 2 aromatic carbocycles. The molecule has 0 bridgehead atoms. The maximum absolute atomic E-state index is 13.5. The predicted octanol–water partition coefficient (Wildman–Crippen LogP) is 3.36. The minimum Gasteiger partial charge on any atom is -0.443 e. The minimum atomic E-state index is -1.72. The summed E-state index contributed by atoms with van der Waals surface area (Å²) >= 11 is 0.